The Hall–Kier alpha value is -2.70. The molecule has 134 valence electrons. The molecule has 0 bridgehead atoms. The molecule has 0 amide bonds. The first-order chi connectivity index (χ1) is 12.5. The molecule has 3 aromatic rings. The highest BCUT2D eigenvalue weighted by Crippen LogP contribution is 2.25. The van der Waals surface area contributed by atoms with Crippen LogP contribution in [-0.4, -0.2) is 15.5 Å². The van der Waals surface area contributed by atoms with Gasteiger partial charge in [-0.1, -0.05) is 11.6 Å². The van der Waals surface area contributed by atoms with E-state index in [9.17, 15) is 8.42 Å². The van der Waals surface area contributed by atoms with Crippen LogP contribution in [0, 0.1) is 0 Å². The smallest absolute Gasteiger partial charge is 0.261 e. The van der Waals surface area contributed by atoms with Gasteiger partial charge in [0.1, 0.15) is 17.2 Å². The number of ether oxygens (including phenoxy) is 2. The fraction of sp³-hybridized carbons (Fsp3) is 0.0526. The van der Waals surface area contributed by atoms with Crippen molar-refractivity contribution < 1.29 is 17.9 Å². The molecule has 0 saturated carbocycles. The van der Waals surface area contributed by atoms with Gasteiger partial charge in [-0.05, 0) is 72.8 Å². The molecule has 26 heavy (non-hydrogen) atoms. The summed E-state index contributed by atoms with van der Waals surface area (Å²) in [6, 6.07) is 19.8. The van der Waals surface area contributed by atoms with Crippen molar-refractivity contribution in [1.82, 2.24) is 0 Å². The lowest BCUT2D eigenvalue weighted by Crippen LogP contribution is -2.12. The van der Waals surface area contributed by atoms with Gasteiger partial charge in [-0.3, -0.25) is 4.72 Å². The Morgan fingerprint density at radius 2 is 1.27 bits per heavy atom. The van der Waals surface area contributed by atoms with E-state index in [2.05, 4.69) is 4.72 Å². The predicted octanol–water partition coefficient (Wildman–Crippen LogP) is 4.94. The fourth-order valence-corrected chi connectivity index (χ4v) is 3.38. The monoisotopic (exact) mass is 389 g/mol. The third kappa shape index (κ3) is 4.47. The van der Waals surface area contributed by atoms with Gasteiger partial charge in [0.25, 0.3) is 10.0 Å². The Kier molecular flexibility index (Phi) is 5.35. The number of hydrogen-bond acceptors (Lipinski definition) is 4. The molecule has 0 unspecified atom stereocenters. The van der Waals surface area contributed by atoms with Crippen LogP contribution in [0.3, 0.4) is 0 Å². The van der Waals surface area contributed by atoms with Crippen molar-refractivity contribution in [1.29, 1.82) is 0 Å². The van der Waals surface area contributed by atoms with Gasteiger partial charge in [0.15, 0.2) is 0 Å². The average Bonchev–Trinajstić information content (AvgIpc) is 2.65. The van der Waals surface area contributed by atoms with Crippen LogP contribution < -0.4 is 14.2 Å². The van der Waals surface area contributed by atoms with Gasteiger partial charge in [0.05, 0.1) is 12.0 Å². The van der Waals surface area contributed by atoms with Crippen molar-refractivity contribution in [2.45, 2.75) is 4.90 Å². The summed E-state index contributed by atoms with van der Waals surface area (Å²) in [4.78, 5) is 0.153. The van der Waals surface area contributed by atoms with Crippen molar-refractivity contribution in [3.8, 4) is 17.2 Å². The Morgan fingerprint density at radius 3 is 1.81 bits per heavy atom. The summed E-state index contributed by atoms with van der Waals surface area (Å²) in [6.07, 6.45) is 0. The number of anilines is 1. The van der Waals surface area contributed by atoms with Crippen molar-refractivity contribution in [2.24, 2.45) is 0 Å². The lowest BCUT2D eigenvalue weighted by Gasteiger charge is -2.10. The lowest BCUT2D eigenvalue weighted by atomic mass is 10.3. The first-order valence-electron chi connectivity index (χ1n) is 7.67. The topological polar surface area (TPSA) is 64.6 Å². The van der Waals surface area contributed by atoms with E-state index in [1.54, 1.807) is 60.7 Å². The van der Waals surface area contributed by atoms with E-state index in [0.717, 1.165) is 0 Å². The summed E-state index contributed by atoms with van der Waals surface area (Å²) < 4.78 is 38.1. The van der Waals surface area contributed by atoms with Gasteiger partial charge in [-0.2, -0.15) is 0 Å². The summed E-state index contributed by atoms with van der Waals surface area (Å²) in [5, 5.41) is 0.626. The zero-order chi connectivity index (χ0) is 18.6. The van der Waals surface area contributed by atoms with E-state index >= 15 is 0 Å². The third-order valence-corrected chi connectivity index (χ3v) is 5.17. The summed E-state index contributed by atoms with van der Waals surface area (Å²) in [6.45, 7) is 0. The molecular formula is C19H16ClNO4S. The molecule has 1 N–H and O–H groups in total. The van der Waals surface area contributed by atoms with Crippen molar-refractivity contribution >= 4 is 27.3 Å². The van der Waals surface area contributed by atoms with E-state index in [1.165, 1.54) is 19.2 Å². The molecule has 7 heteroatoms. The molecule has 0 atom stereocenters. The Balaban J connectivity index is 1.70. The minimum absolute atomic E-state index is 0.153. The SMILES string of the molecule is COc1ccc(S(=O)(=O)Nc2ccc(Oc3ccc(Cl)cc3)cc2)cc1. The quantitative estimate of drug-likeness (QED) is 0.648. The summed E-state index contributed by atoms with van der Waals surface area (Å²) in [5.74, 6) is 1.81. The Morgan fingerprint density at radius 1 is 0.769 bits per heavy atom. The standard InChI is InChI=1S/C19H16ClNO4S/c1-24-16-10-12-19(13-11-16)26(22,23)21-15-4-8-18(9-5-15)25-17-6-2-14(20)3-7-17/h2-13,21H,1H3. The number of sulfonamides is 1. The second-order valence-corrected chi connectivity index (χ2v) is 7.48. The van der Waals surface area contributed by atoms with Crippen molar-refractivity contribution in [2.75, 3.05) is 11.8 Å². The third-order valence-electron chi connectivity index (χ3n) is 3.53. The minimum Gasteiger partial charge on any atom is -0.497 e. The molecule has 0 radical (unpaired) electrons. The van der Waals surface area contributed by atoms with E-state index in [4.69, 9.17) is 21.1 Å². The minimum atomic E-state index is -3.68. The Labute approximate surface area is 157 Å². The number of nitrogens with one attached hydrogen (secondary N) is 1. The zero-order valence-corrected chi connectivity index (χ0v) is 15.4. The van der Waals surface area contributed by atoms with Crippen LogP contribution >= 0.6 is 11.6 Å². The van der Waals surface area contributed by atoms with E-state index in [1.807, 2.05) is 0 Å². The maximum Gasteiger partial charge on any atom is 0.261 e. The number of halogens is 1. The van der Waals surface area contributed by atoms with Crippen molar-refractivity contribution in [3.05, 3.63) is 77.8 Å². The highest BCUT2D eigenvalue weighted by Gasteiger charge is 2.14. The van der Waals surface area contributed by atoms with Gasteiger partial charge < -0.3 is 9.47 Å². The maximum absolute atomic E-state index is 12.4. The highest BCUT2D eigenvalue weighted by atomic mass is 35.5. The molecule has 0 spiro atoms. The van der Waals surface area contributed by atoms with Crippen LogP contribution in [0.4, 0.5) is 5.69 Å². The first-order valence-corrected chi connectivity index (χ1v) is 9.53. The molecule has 3 aromatic carbocycles. The number of hydrogen-bond donors (Lipinski definition) is 1. The van der Waals surface area contributed by atoms with Crippen LogP contribution in [0.1, 0.15) is 0 Å². The molecule has 0 aliphatic heterocycles. The van der Waals surface area contributed by atoms with Gasteiger partial charge in [-0.15, -0.1) is 0 Å². The second kappa shape index (κ2) is 7.68. The van der Waals surface area contributed by atoms with Crippen LogP contribution in [0.15, 0.2) is 77.7 Å². The van der Waals surface area contributed by atoms with Gasteiger partial charge >= 0.3 is 0 Å². The first kappa shape index (κ1) is 18.1. The second-order valence-electron chi connectivity index (χ2n) is 5.36. The molecule has 0 saturated heterocycles. The molecule has 3 rings (SSSR count). The fourth-order valence-electron chi connectivity index (χ4n) is 2.20. The zero-order valence-electron chi connectivity index (χ0n) is 13.8. The largest absolute Gasteiger partial charge is 0.497 e. The molecule has 0 heterocycles. The number of methoxy groups -OCH3 is 1. The Bertz CT molecular complexity index is 970. The van der Waals surface area contributed by atoms with E-state index in [0.29, 0.717) is 28.0 Å². The van der Waals surface area contributed by atoms with E-state index < -0.39 is 10.0 Å². The predicted molar refractivity (Wildman–Crippen MR) is 102 cm³/mol. The molecule has 0 aliphatic rings. The van der Waals surface area contributed by atoms with E-state index in [-0.39, 0.29) is 4.90 Å². The number of rotatable bonds is 6. The lowest BCUT2D eigenvalue weighted by molar-refractivity contribution is 0.414. The maximum atomic E-state index is 12.4. The van der Waals surface area contributed by atoms with Crippen LogP contribution in [-0.2, 0) is 10.0 Å². The van der Waals surface area contributed by atoms with Gasteiger partial charge in [0, 0.05) is 10.7 Å². The molecule has 0 fully saturated rings. The number of benzene rings is 3. The molecule has 5 nitrogen and oxygen atoms in total. The average molecular weight is 390 g/mol. The van der Waals surface area contributed by atoms with Crippen molar-refractivity contribution in [3.63, 3.8) is 0 Å². The summed E-state index contributed by atoms with van der Waals surface area (Å²) in [7, 11) is -2.15. The van der Waals surface area contributed by atoms with Gasteiger partial charge in [-0.25, -0.2) is 8.42 Å². The van der Waals surface area contributed by atoms with Gasteiger partial charge in [0.2, 0.25) is 0 Å². The van der Waals surface area contributed by atoms with Crippen LogP contribution in [0.5, 0.6) is 17.2 Å². The highest BCUT2D eigenvalue weighted by molar-refractivity contribution is 7.92. The van der Waals surface area contributed by atoms with Crippen LogP contribution in [0.25, 0.3) is 0 Å². The molecular weight excluding hydrogens is 374 g/mol. The normalized spacial score (nSPS) is 11.0. The molecule has 0 aromatic heterocycles. The summed E-state index contributed by atoms with van der Waals surface area (Å²) >= 11 is 5.84. The molecule has 0 aliphatic carbocycles. The summed E-state index contributed by atoms with van der Waals surface area (Å²) in [5.41, 5.74) is 0.435. The van der Waals surface area contributed by atoms with Crippen LogP contribution in [0.2, 0.25) is 5.02 Å².